The minimum atomic E-state index is -1.32. The molecule has 0 bridgehead atoms. The normalized spacial score (nSPS) is 11.5. The molecule has 0 aliphatic heterocycles. The Hall–Kier alpha value is -2.71. The van der Waals surface area contributed by atoms with Crippen LogP contribution in [-0.2, 0) is 4.79 Å². The van der Waals surface area contributed by atoms with Crippen LogP contribution in [0, 0.1) is 5.92 Å². The molecule has 3 N–H and O–H groups in total. The van der Waals surface area contributed by atoms with E-state index in [1.807, 2.05) is 0 Å². The molecule has 1 aromatic rings. The molecule has 21 heavy (non-hydrogen) atoms. The second kappa shape index (κ2) is 7.17. The molecule has 0 saturated carbocycles. The zero-order valence-corrected chi connectivity index (χ0v) is 11.5. The maximum Gasteiger partial charge on any atom is 0.354 e. The number of carbonyl (C=O) groups excluding carboxylic acids is 1. The van der Waals surface area contributed by atoms with Gasteiger partial charge >= 0.3 is 17.9 Å². The first kappa shape index (κ1) is 16.3. The first-order valence-corrected chi connectivity index (χ1v) is 6.02. The third kappa shape index (κ3) is 4.71. The minimum Gasteiger partial charge on any atom is -0.481 e. The molecule has 0 saturated heterocycles. The van der Waals surface area contributed by atoms with E-state index in [-0.39, 0.29) is 30.4 Å². The van der Waals surface area contributed by atoms with E-state index in [4.69, 9.17) is 14.9 Å². The maximum atomic E-state index is 11.8. The number of hydrogen-bond donors (Lipinski definition) is 3. The van der Waals surface area contributed by atoms with Gasteiger partial charge in [-0.05, 0) is 6.42 Å². The summed E-state index contributed by atoms with van der Waals surface area (Å²) in [6.07, 6.45) is 0.245. The SMILES string of the molecule is COc1nc(C(=O)O)cc(C(=O)NCC[C@@H](C)C(=O)O)n1. The standard InChI is InChI=1S/C12H15N3O6/c1-6(10(17)18)3-4-13-9(16)7-5-8(11(19)20)15-12(14-7)21-2/h5-6H,3-4H2,1-2H3,(H,13,16)(H,17,18)(H,19,20)/t6-/m1/s1. The average molecular weight is 297 g/mol. The van der Waals surface area contributed by atoms with Crippen LogP contribution in [-0.4, -0.2) is 51.7 Å². The molecule has 0 aromatic carbocycles. The van der Waals surface area contributed by atoms with Crippen molar-refractivity contribution in [1.29, 1.82) is 0 Å². The summed E-state index contributed by atoms with van der Waals surface area (Å²) >= 11 is 0. The summed E-state index contributed by atoms with van der Waals surface area (Å²) in [5, 5.41) is 20.1. The topological polar surface area (TPSA) is 139 Å². The second-order valence-electron chi connectivity index (χ2n) is 4.21. The fraction of sp³-hybridized carbons (Fsp3) is 0.417. The molecule has 1 amide bonds. The Balaban J connectivity index is 2.75. The van der Waals surface area contributed by atoms with E-state index in [1.54, 1.807) is 0 Å². The Morgan fingerprint density at radius 1 is 1.29 bits per heavy atom. The van der Waals surface area contributed by atoms with Crippen molar-refractivity contribution in [3.8, 4) is 6.01 Å². The number of nitrogens with one attached hydrogen (secondary N) is 1. The molecule has 114 valence electrons. The van der Waals surface area contributed by atoms with Crippen LogP contribution >= 0.6 is 0 Å². The molecule has 0 radical (unpaired) electrons. The van der Waals surface area contributed by atoms with Crippen molar-refractivity contribution >= 4 is 17.8 Å². The molecule has 1 aromatic heterocycles. The van der Waals surface area contributed by atoms with Gasteiger partial charge in [0, 0.05) is 12.6 Å². The minimum absolute atomic E-state index is 0.126. The number of nitrogens with zero attached hydrogens (tertiary/aromatic N) is 2. The fourth-order valence-electron chi connectivity index (χ4n) is 1.36. The summed E-state index contributed by atoms with van der Waals surface area (Å²) in [6, 6.07) is 0.778. The number of aliphatic carboxylic acids is 1. The van der Waals surface area contributed by atoms with Crippen LogP contribution in [0.15, 0.2) is 6.07 Å². The smallest absolute Gasteiger partial charge is 0.354 e. The van der Waals surface area contributed by atoms with Crippen molar-refractivity contribution in [1.82, 2.24) is 15.3 Å². The van der Waals surface area contributed by atoms with Crippen LogP contribution in [0.2, 0.25) is 0 Å². The third-order valence-electron chi connectivity index (χ3n) is 2.62. The Morgan fingerprint density at radius 2 is 1.90 bits per heavy atom. The molecule has 1 rings (SSSR count). The lowest BCUT2D eigenvalue weighted by molar-refractivity contribution is -0.141. The molecule has 0 aliphatic rings. The highest BCUT2D eigenvalue weighted by atomic mass is 16.5. The predicted octanol–water partition coefficient (Wildman–Crippen LogP) is 0.0240. The van der Waals surface area contributed by atoms with E-state index in [0.717, 1.165) is 6.07 Å². The van der Waals surface area contributed by atoms with E-state index in [0.29, 0.717) is 0 Å². The lowest BCUT2D eigenvalue weighted by Gasteiger charge is -2.08. The van der Waals surface area contributed by atoms with Crippen molar-refractivity contribution < 1.29 is 29.3 Å². The molecule has 9 nitrogen and oxygen atoms in total. The second-order valence-corrected chi connectivity index (χ2v) is 4.21. The van der Waals surface area contributed by atoms with Crippen LogP contribution in [0.1, 0.15) is 34.3 Å². The average Bonchev–Trinajstić information content (AvgIpc) is 2.46. The predicted molar refractivity (Wildman–Crippen MR) is 69.3 cm³/mol. The zero-order valence-electron chi connectivity index (χ0n) is 11.5. The van der Waals surface area contributed by atoms with Crippen LogP contribution in [0.3, 0.4) is 0 Å². The van der Waals surface area contributed by atoms with Gasteiger partial charge in [0.05, 0.1) is 13.0 Å². The Kier molecular flexibility index (Phi) is 5.58. The lowest BCUT2D eigenvalue weighted by atomic mass is 10.1. The summed E-state index contributed by atoms with van der Waals surface area (Å²) in [7, 11) is 1.25. The van der Waals surface area contributed by atoms with E-state index >= 15 is 0 Å². The molecule has 9 heteroatoms. The number of ether oxygens (including phenoxy) is 1. The monoisotopic (exact) mass is 297 g/mol. The van der Waals surface area contributed by atoms with Gasteiger partial charge in [-0.25, -0.2) is 4.79 Å². The maximum absolute atomic E-state index is 11.8. The number of aromatic nitrogens is 2. The number of rotatable bonds is 7. The van der Waals surface area contributed by atoms with Gasteiger partial charge in [-0.2, -0.15) is 9.97 Å². The van der Waals surface area contributed by atoms with Gasteiger partial charge in [0.15, 0.2) is 5.69 Å². The Morgan fingerprint density at radius 3 is 2.43 bits per heavy atom. The quantitative estimate of drug-likeness (QED) is 0.640. The first-order valence-electron chi connectivity index (χ1n) is 6.02. The van der Waals surface area contributed by atoms with Crippen molar-refractivity contribution in [3.63, 3.8) is 0 Å². The summed E-state index contributed by atoms with van der Waals surface area (Å²) in [6.45, 7) is 1.64. The molecule has 0 unspecified atom stereocenters. The number of amides is 1. The van der Waals surface area contributed by atoms with Gasteiger partial charge in [-0.3, -0.25) is 9.59 Å². The van der Waals surface area contributed by atoms with Gasteiger partial charge < -0.3 is 20.3 Å². The third-order valence-corrected chi connectivity index (χ3v) is 2.62. The largest absolute Gasteiger partial charge is 0.481 e. The molecular weight excluding hydrogens is 282 g/mol. The highest BCUT2D eigenvalue weighted by molar-refractivity contribution is 5.95. The number of aromatic carboxylic acids is 1. The van der Waals surface area contributed by atoms with Crippen LogP contribution < -0.4 is 10.1 Å². The molecule has 0 spiro atoms. The summed E-state index contributed by atoms with van der Waals surface area (Å²) in [5.74, 6) is -3.50. The Labute approximate surface area is 120 Å². The van der Waals surface area contributed by atoms with Crippen molar-refractivity contribution in [2.24, 2.45) is 5.92 Å². The van der Waals surface area contributed by atoms with Gasteiger partial charge in [-0.15, -0.1) is 0 Å². The van der Waals surface area contributed by atoms with E-state index in [9.17, 15) is 14.4 Å². The van der Waals surface area contributed by atoms with Gasteiger partial charge in [-0.1, -0.05) is 6.92 Å². The molecule has 0 aliphatic carbocycles. The number of carbonyl (C=O) groups is 3. The zero-order chi connectivity index (χ0) is 16.0. The highest BCUT2D eigenvalue weighted by Crippen LogP contribution is 2.08. The molecule has 1 atom stereocenters. The number of methoxy groups -OCH3 is 1. The fourth-order valence-corrected chi connectivity index (χ4v) is 1.36. The highest BCUT2D eigenvalue weighted by Gasteiger charge is 2.16. The van der Waals surface area contributed by atoms with Crippen LogP contribution in [0.4, 0.5) is 0 Å². The number of carboxylic acids is 2. The van der Waals surface area contributed by atoms with Crippen LogP contribution in [0.5, 0.6) is 6.01 Å². The van der Waals surface area contributed by atoms with Crippen molar-refractivity contribution in [2.75, 3.05) is 13.7 Å². The van der Waals surface area contributed by atoms with Gasteiger partial charge in [0.2, 0.25) is 0 Å². The molecule has 1 heterocycles. The number of hydrogen-bond acceptors (Lipinski definition) is 6. The van der Waals surface area contributed by atoms with Crippen molar-refractivity contribution in [2.45, 2.75) is 13.3 Å². The summed E-state index contributed by atoms with van der Waals surface area (Å²) < 4.78 is 4.73. The summed E-state index contributed by atoms with van der Waals surface area (Å²) in [4.78, 5) is 40.7. The van der Waals surface area contributed by atoms with Crippen molar-refractivity contribution in [3.05, 3.63) is 17.5 Å². The van der Waals surface area contributed by atoms with Crippen LogP contribution in [0.25, 0.3) is 0 Å². The Bertz CT molecular complexity index is 560. The van der Waals surface area contributed by atoms with Gasteiger partial charge in [0.25, 0.3) is 5.91 Å². The molecule has 0 fully saturated rings. The summed E-state index contributed by atoms with van der Waals surface area (Å²) in [5.41, 5.74) is -0.534. The lowest BCUT2D eigenvalue weighted by Crippen LogP contribution is -2.28. The van der Waals surface area contributed by atoms with E-state index in [1.165, 1.54) is 14.0 Å². The van der Waals surface area contributed by atoms with Gasteiger partial charge in [0.1, 0.15) is 5.69 Å². The van der Waals surface area contributed by atoms with E-state index in [2.05, 4.69) is 15.3 Å². The first-order chi connectivity index (χ1) is 9.85. The molecular formula is C12H15N3O6. The van der Waals surface area contributed by atoms with E-state index < -0.39 is 23.8 Å². The number of carboxylic acid groups (broad SMARTS) is 2.